The van der Waals surface area contributed by atoms with Crippen LogP contribution in [-0.2, 0) is 11.1 Å². The third-order valence-corrected chi connectivity index (χ3v) is 2.71. The van der Waals surface area contributed by atoms with Crippen LogP contribution in [-0.4, -0.2) is 20.7 Å². The van der Waals surface area contributed by atoms with Gasteiger partial charge in [-0.05, 0) is 24.3 Å². The summed E-state index contributed by atoms with van der Waals surface area (Å²) < 4.78 is 33.2. The van der Waals surface area contributed by atoms with Crippen molar-refractivity contribution >= 4 is 11.1 Å². The van der Waals surface area contributed by atoms with E-state index in [1.54, 1.807) is 0 Å². The van der Waals surface area contributed by atoms with E-state index in [2.05, 4.69) is 6.58 Å². The van der Waals surface area contributed by atoms with Gasteiger partial charge in [0.15, 0.2) is 0 Å². The Morgan fingerprint density at radius 3 is 2.73 bits per heavy atom. The van der Waals surface area contributed by atoms with Crippen LogP contribution in [0.1, 0.15) is 12.8 Å². The molecule has 64 valence electrons. The number of alkyl halides is 1. The first-order valence-corrected chi connectivity index (χ1v) is 4.74. The molecule has 0 aromatic carbocycles. The van der Waals surface area contributed by atoms with Crippen LogP contribution in [0.15, 0.2) is 12.2 Å². The molecule has 0 aliphatic heterocycles. The average Bonchev–Trinajstić information content (AvgIpc) is 2.18. The highest BCUT2D eigenvalue weighted by Crippen LogP contribution is 2.32. The molecule has 4 heteroatoms. The molecule has 0 aromatic heterocycles. The Kier molecular flexibility index (Phi) is 2.78. The Labute approximate surface area is 67.8 Å². The van der Waals surface area contributed by atoms with Crippen molar-refractivity contribution in [3.63, 3.8) is 0 Å². The zero-order valence-electron chi connectivity index (χ0n) is 6.09. The highest BCUT2D eigenvalue weighted by molar-refractivity contribution is 7.79. The summed E-state index contributed by atoms with van der Waals surface area (Å²) in [6, 6.07) is 0. The molecule has 1 fully saturated rings. The van der Waals surface area contributed by atoms with Gasteiger partial charge in [-0.2, -0.15) is 0 Å². The van der Waals surface area contributed by atoms with Crippen LogP contribution in [0.2, 0.25) is 0 Å². The van der Waals surface area contributed by atoms with Crippen molar-refractivity contribution in [2.75, 3.05) is 5.75 Å². The molecule has 0 radical (unpaired) electrons. The summed E-state index contributed by atoms with van der Waals surface area (Å²) in [4.78, 5) is 0. The van der Waals surface area contributed by atoms with Crippen molar-refractivity contribution in [2.45, 2.75) is 19.0 Å². The molecule has 3 atom stereocenters. The fourth-order valence-corrected chi connectivity index (χ4v) is 2.04. The minimum atomic E-state index is -2.07. The van der Waals surface area contributed by atoms with Crippen molar-refractivity contribution < 1.29 is 13.2 Å². The molecule has 0 N–H and O–H groups in total. The van der Waals surface area contributed by atoms with E-state index in [0.29, 0.717) is 18.4 Å². The summed E-state index contributed by atoms with van der Waals surface area (Å²) in [5.74, 6) is -0.123. The summed E-state index contributed by atoms with van der Waals surface area (Å²) in [6.07, 6.45) is 0.0675. The molecule has 3 unspecified atom stereocenters. The highest BCUT2D eigenvalue weighted by Gasteiger charge is 2.28. The lowest BCUT2D eigenvalue weighted by molar-refractivity contribution is 0.390. The first-order valence-electron chi connectivity index (χ1n) is 3.50. The molecule has 11 heavy (non-hydrogen) atoms. The van der Waals surface area contributed by atoms with E-state index in [1.807, 2.05) is 0 Å². The van der Waals surface area contributed by atoms with E-state index in [1.165, 1.54) is 0 Å². The predicted octanol–water partition coefficient (Wildman–Crippen LogP) is 1.17. The lowest BCUT2D eigenvalue weighted by Gasteiger charge is -2.12. The molecule has 1 rings (SSSR count). The van der Waals surface area contributed by atoms with Gasteiger partial charge in [0.05, 0.1) is 0 Å². The lowest BCUT2D eigenvalue weighted by atomic mass is 10.1. The zero-order chi connectivity index (χ0) is 8.43. The maximum atomic E-state index is 12.7. The molecule has 0 amide bonds. The fourth-order valence-electron chi connectivity index (χ4n) is 1.33. The number of hydrogen-bond donors (Lipinski definition) is 0. The molecule has 0 saturated heterocycles. The number of rotatable bonds is 2. The Balaban J connectivity index is 2.49. The molecule has 0 heterocycles. The number of allylic oxidation sites excluding steroid dienone is 1. The predicted molar refractivity (Wildman–Crippen MR) is 40.5 cm³/mol. The van der Waals surface area contributed by atoms with Gasteiger partial charge in [0.1, 0.15) is 6.17 Å². The van der Waals surface area contributed by atoms with Crippen LogP contribution in [0, 0.1) is 5.92 Å². The zero-order valence-corrected chi connectivity index (χ0v) is 6.90. The second-order valence-corrected chi connectivity index (χ2v) is 3.73. The average molecular weight is 177 g/mol. The Bertz CT molecular complexity index is 193. The van der Waals surface area contributed by atoms with E-state index < -0.39 is 17.3 Å². The lowest BCUT2D eigenvalue weighted by Crippen LogP contribution is -2.10. The van der Waals surface area contributed by atoms with Gasteiger partial charge in [0.25, 0.3) is 0 Å². The van der Waals surface area contributed by atoms with E-state index in [-0.39, 0.29) is 11.7 Å². The van der Waals surface area contributed by atoms with Crippen LogP contribution in [0.5, 0.6) is 0 Å². The van der Waals surface area contributed by atoms with Crippen LogP contribution >= 0.6 is 0 Å². The summed E-state index contributed by atoms with van der Waals surface area (Å²) in [6.45, 7) is 3.52. The minimum Gasteiger partial charge on any atom is -0.772 e. The highest BCUT2D eigenvalue weighted by atomic mass is 32.2. The largest absolute Gasteiger partial charge is 0.772 e. The third kappa shape index (κ3) is 2.10. The van der Waals surface area contributed by atoms with Gasteiger partial charge >= 0.3 is 0 Å². The van der Waals surface area contributed by atoms with Gasteiger partial charge in [-0.3, -0.25) is 4.21 Å². The maximum absolute atomic E-state index is 12.7. The van der Waals surface area contributed by atoms with Gasteiger partial charge < -0.3 is 4.55 Å². The molecule has 1 saturated carbocycles. The maximum Gasteiger partial charge on any atom is 0.121 e. The van der Waals surface area contributed by atoms with Crippen molar-refractivity contribution in [2.24, 2.45) is 5.92 Å². The second kappa shape index (κ2) is 3.45. The topological polar surface area (TPSA) is 40.1 Å². The molecule has 1 aliphatic carbocycles. The van der Waals surface area contributed by atoms with Gasteiger partial charge in [-0.15, -0.1) is 0 Å². The Morgan fingerprint density at radius 2 is 2.36 bits per heavy atom. The van der Waals surface area contributed by atoms with Gasteiger partial charge in [0, 0.05) is 5.75 Å². The smallest absolute Gasteiger partial charge is 0.121 e. The first-order chi connectivity index (χ1) is 5.11. The molecule has 1 aliphatic rings. The van der Waals surface area contributed by atoms with Crippen LogP contribution in [0.25, 0.3) is 0 Å². The van der Waals surface area contributed by atoms with Gasteiger partial charge in [-0.1, -0.05) is 17.7 Å². The van der Waals surface area contributed by atoms with E-state index >= 15 is 0 Å². The van der Waals surface area contributed by atoms with E-state index in [4.69, 9.17) is 0 Å². The molecule has 0 aromatic rings. The van der Waals surface area contributed by atoms with E-state index in [0.717, 1.165) is 0 Å². The minimum absolute atomic E-state index is 0.0270. The van der Waals surface area contributed by atoms with Crippen molar-refractivity contribution in [3.05, 3.63) is 12.2 Å². The van der Waals surface area contributed by atoms with Crippen molar-refractivity contribution in [3.8, 4) is 0 Å². The molecular formula is C7H10FO2S-. The Hall–Kier alpha value is -0.220. The van der Waals surface area contributed by atoms with Crippen molar-refractivity contribution in [1.82, 2.24) is 0 Å². The van der Waals surface area contributed by atoms with Crippen molar-refractivity contribution in [1.29, 1.82) is 0 Å². The second-order valence-electron chi connectivity index (χ2n) is 2.79. The fraction of sp³-hybridized carbons (Fsp3) is 0.714. The quantitative estimate of drug-likeness (QED) is 0.469. The van der Waals surface area contributed by atoms with Crippen LogP contribution < -0.4 is 0 Å². The SMILES string of the molecule is C=C1C(F)CCC1CS(=O)[O-]. The normalized spacial score (nSPS) is 34.2. The van der Waals surface area contributed by atoms with E-state index in [9.17, 15) is 13.2 Å². The van der Waals surface area contributed by atoms with Crippen LogP contribution in [0.3, 0.4) is 0 Å². The summed E-state index contributed by atoms with van der Waals surface area (Å²) >= 11 is -2.07. The Morgan fingerprint density at radius 1 is 1.73 bits per heavy atom. The summed E-state index contributed by atoms with van der Waals surface area (Å²) in [5.41, 5.74) is 0.453. The first kappa shape index (κ1) is 8.87. The van der Waals surface area contributed by atoms with Gasteiger partial charge in [0.2, 0.25) is 0 Å². The van der Waals surface area contributed by atoms with Gasteiger partial charge in [-0.25, -0.2) is 4.39 Å². The third-order valence-electron chi connectivity index (χ3n) is 2.03. The molecular weight excluding hydrogens is 167 g/mol. The van der Waals surface area contributed by atoms with Crippen LogP contribution in [0.4, 0.5) is 4.39 Å². The number of hydrogen-bond acceptors (Lipinski definition) is 2. The molecule has 0 bridgehead atoms. The molecule has 2 nitrogen and oxygen atoms in total. The molecule has 0 spiro atoms. The standard InChI is InChI=1S/C7H11FO2S/c1-5-6(4-11(9)10)2-3-7(5)8/h6-7H,1-4H2,(H,9,10)/p-1. The number of halogens is 1. The summed E-state index contributed by atoms with van der Waals surface area (Å²) in [5, 5.41) is 0. The monoisotopic (exact) mass is 177 g/mol. The summed E-state index contributed by atoms with van der Waals surface area (Å²) in [7, 11) is 0.